The molecule has 0 amide bonds. The highest BCUT2D eigenvalue weighted by atomic mass is 16.3. The molecule has 1 heterocycles. The minimum absolute atomic E-state index is 0.0122. The predicted octanol–water partition coefficient (Wildman–Crippen LogP) is 5.38. The molecule has 0 aliphatic rings. The Labute approximate surface area is 196 Å². The van der Waals surface area contributed by atoms with Crippen LogP contribution in [0, 0.1) is 11.3 Å². The summed E-state index contributed by atoms with van der Waals surface area (Å²) < 4.78 is 2.20. The van der Waals surface area contributed by atoms with Gasteiger partial charge >= 0.3 is 0 Å². The summed E-state index contributed by atoms with van der Waals surface area (Å²) in [5, 5.41) is 19.1. The molecule has 0 spiro atoms. The van der Waals surface area contributed by atoms with E-state index in [-0.39, 0.29) is 12.6 Å². The number of aliphatic hydroxyl groups excluding tert-OH is 1. The third-order valence-electron chi connectivity index (χ3n) is 6.08. The average molecular weight is 436 g/mol. The van der Waals surface area contributed by atoms with Crippen LogP contribution in [0.3, 0.4) is 0 Å². The maximum absolute atomic E-state index is 10.1. The molecule has 4 aromatic rings. The van der Waals surface area contributed by atoms with E-state index in [4.69, 9.17) is 5.26 Å². The molecule has 1 N–H and O–H groups in total. The fourth-order valence-corrected chi connectivity index (χ4v) is 4.27. The topological polar surface area (TPSA) is 52.2 Å². The SMILES string of the molecule is N#Cc1ccc(Cn2cccc2CN(CO)CCC(c2ccccc2)c2ccccc2)cc1. The summed E-state index contributed by atoms with van der Waals surface area (Å²) in [6, 6.07) is 35.2. The Kier molecular flexibility index (Phi) is 7.71. The lowest BCUT2D eigenvalue weighted by molar-refractivity contribution is 0.0962. The molecule has 0 radical (unpaired) electrons. The molecule has 0 aliphatic heterocycles. The van der Waals surface area contributed by atoms with Crippen molar-refractivity contribution >= 4 is 0 Å². The first-order chi connectivity index (χ1) is 16.3. The normalized spacial score (nSPS) is 11.1. The van der Waals surface area contributed by atoms with Crippen LogP contribution in [-0.2, 0) is 13.1 Å². The smallest absolute Gasteiger partial charge is 0.0991 e. The van der Waals surface area contributed by atoms with Crippen molar-refractivity contribution in [3.63, 3.8) is 0 Å². The molecule has 4 rings (SSSR count). The average Bonchev–Trinajstić information content (AvgIpc) is 3.31. The molecule has 166 valence electrons. The lowest BCUT2D eigenvalue weighted by atomic mass is 9.88. The predicted molar refractivity (Wildman–Crippen MR) is 132 cm³/mol. The van der Waals surface area contributed by atoms with Gasteiger partial charge in [-0.05, 0) is 47.4 Å². The summed E-state index contributed by atoms with van der Waals surface area (Å²) in [6.07, 6.45) is 2.99. The van der Waals surface area contributed by atoms with Crippen molar-refractivity contribution in [2.45, 2.75) is 25.4 Å². The number of rotatable bonds is 10. The van der Waals surface area contributed by atoms with Gasteiger partial charge in [0.05, 0.1) is 18.4 Å². The van der Waals surface area contributed by atoms with Gasteiger partial charge in [-0.2, -0.15) is 5.26 Å². The van der Waals surface area contributed by atoms with Crippen LogP contribution in [0.4, 0.5) is 0 Å². The monoisotopic (exact) mass is 435 g/mol. The number of nitrogens with zero attached hydrogens (tertiary/aromatic N) is 3. The second kappa shape index (κ2) is 11.3. The second-order valence-electron chi connectivity index (χ2n) is 8.29. The van der Waals surface area contributed by atoms with Gasteiger partial charge in [-0.3, -0.25) is 4.90 Å². The number of benzene rings is 3. The van der Waals surface area contributed by atoms with Gasteiger partial charge in [-0.1, -0.05) is 72.8 Å². The Hall–Kier alpha value is -3.65. The van der Waals surface area contributed by atoms with Crippen LogP contribution in [0.5, 0.6) is 0 Å². The molecular weight excluding hydrogens is 406 g/mol. The molecule has 0 saturated heterocycles. The Morgan fingerprint density at radius 3 is 2.03 bits per heavy atom. The van der Waals surface area contributed by atoms with Gasteiger partial charge in [0.2, 0.25) is 0 Å². The molecular formula is C29H29N3O. The fraction of sp³-hybridized carbons (Fsp3) is 0.207. The standard InChI is InChI=1S/C29H29N3O/c30-20-24-13-15-25(16-14-24)21-32-18-7-12-28(32)22-31(23-33)19-17-29(26-8-3-1-4-9-26)27-10-5-2-6-11-27/h1-16,18,29,33H,17,19,21-23H2. The molecule has 4 nitrogen and oxygen atoms in total. The largest absolute Gasteiger partial charge is 0.381 e. The van der Waals surface area contributed by atoms with E-state index in [1.54, 1.807) is 0 Å². The maximum Gasteiger partial charge on any atom is 0.0991 e. The van der Waals surface area contributed by atoms with Crippen LogP contribution < -0.4 is 0 Å². The van der Waals surface area contributed by atoms with E-state index in [0.717, 1.165) is 30.8 Å². The minimum atomic E-state index is 0.0122. The van der Waals surface area contributed by atoms with Gasteiger partial charge in [-0.25, -0.2) is 0 Å². The van der Waals surface area contributed by atoms with Crippen molar-refractivity contribution in [1.82, 2.24) is 9.47 Å². The zero-order valence-electron chi connectivity index (χ0n) is 18.7. The number of hydrogen-bond donors (Lipinski definition) is 1. The molecule has 0 bridgehead atoms. The van der Waals surface area contributed by atoms with Gasteiger partial charge in [-0.15, -0.1) is 0 Å². The molecule has 4 heteroatoms. The quantitative estimate of drug-likeness (QED) is 0.340. The van der Waals surface area contributed by atoms with E-state index in [9.17, 15) is 5.11 Å². The first kappa shape index (κ1) is 22.5. The molecule has 0 fully saturated rings. The molecule has 0 unspecified atom stereocenters. The zero-order chi connectivity index (χ0) is 22.9. The fourth-order valence-electron chi connectivity index (χ4n) is 4.27. The summed E-state index contributed by atoms with van der Waals surface area (Å²) >= 11 is 0. The third-order valence-corrected chi connectivity index (χ3v) is 6.08. The van der Waals surface area contributed by atoms with Crippen LogP contribution in [0.1, 0.15) is 40.3 Å². The van der Waals surface area contributed by atoms with Crippen LogP contribution in [0.15, 0.2) is 103 Å². The molecule has 0 atom stereocenters. The lowest BCUT2D eigenvalue weighted by Gasteiger charge is -2.25. The van der Waals surface area contributed by atoms with Crippen LogP contribution in [0.2, 0.25) is 0 Å². The first-order valence-electron chi connectivity index (χ1n) is 11.3. The maximum atomic E-state index is 10.1. The zero-order valence-corrected chi connectivity index (χ0v) is 18.7. The molecule has 0 saturated carbocycles. The highest BCUT2D eigenvalue weighted by Crippen LogP contribution is 2.28. The third kappa shape index (κ3) is 5.98. The number of aromatic nitrogens is 1. The van der Waals surface area contributed by atoms with Crippen molar-refractivity contribution in [2.75, 3.05) is 13.3 Å². The van der Waals surface area contributed by atoms with Crippen molar-refractivity contribution in [3.05, 3.63) is 131 Å². The van der Waals surface area contributed by atoms with Gasteiger partial charge < -0.3 is 9.67 Å². The Bertz CT molecular complexity index is 1120. The van der Waals surface area contributed by atoms with Crippen molar-refractivity contribution in [1.29, 1.82) is 5.26 Å². The van der Waals surface area contributed by atoms with E-state index >= 15 is 0 Å². The summed E-state index contributed by atoms with van der Waals surface area (Å²) in [5.74, 6) is 0.284. The van der Waals surface area contributed by atoms with Gasteiger partial charge in [0.15, 0.2) is 0 Å². The van der Waals surface area contributed by atoms with Crippen LogP contribution in [0.25, 0.3) is 0 Å². The van der Waals surface area contributed by atoms with Crippen molar-refractivity contribution in [2.24, 2.45) is 0 Å². The van der Waals surface area contributed by atoms with Crippen molar-refractivity contribution in [3.8, 4) is 6.07 Å². The highest BCUT2D eigenvalue weighted by Gasteiger charge is 2.16. The molecule has 0 aliphatic carbocycles. The second-order valence-corrected chi connectivity index (χ2v) is 8.29. The van der Waals surface area contributed by atoms with E-state index in [2.05, 4.69) is 76.3 Å². The summed E-state index contributed by atoms with van der Waals surface area (Å²) in [4.78, 5) is 2.09. The molecule has 1 aromatic heterocycles. The van der Waals surface area contributed by atoms with E-state index in [1.165, 1.54) is 11.1 Å². The Balaban J connectivity index is 1.44. The van der Waals surface area contributed by atoms with Crippen LogP contribution in [-0.4, -0.2) is 27.8 Å². The Morgan fingerprint density at radius 1 is 0.818 bits per heavy atom. The lowest BCUT2D eigenvalue weighted by Crippen LogP contribution is -2.28. The summed E-state index contributed by atoms with van der Waals surface area (Å²) in [6.45, 7) is 2.21. The molecule has 3 aromatic carbocycles. The molecule has 33 heavy (non-hydrogen) atoms. The van der Waals surface area contributed by atoms with E-state index in [0.29, 0.717) is 12.1 Å². The minimum Gasteiger partial charge on any atom is -0.381 e. The highest BCUT2D eigenvalue weighted by molar-refractivity contribution is 5.33. The van der Waals surface area contributed by atoms with E-state index < -0.39 is 0 Å². The number of aliphatic hydroxyl groups is 1. The van der Waals surface area contributed by atoms with Crippen LogP contribution >= 0.6 is 0 Å². The first-order valence-corrected chi connectivity index (χ1v) is 11.3. The Morgan fingerprint density at radius 2 is 1.45 bits per heavy atom. The summed E-state index contributed by atoms with van der Waals surface area (Å²) in [7, 11) is 0. The van der Waals surface area contributed by atoms with Gasteiger partial charge in [0, 0.05) is 37.4 Å². The number of hydrogen-bond acceptors (Lipinski definition) is 3. The summed E-state index contributed by atoms with van der Waals surface area (Å²) in [5.41, 5.74) is 5.57. The van der Waals surface area contributed by atoms with Gasteiger partial charge in [0.25, 0.3) is 0 Å². The van der Waals surface area contributed by atoms with Gasteiger partial charge in [0.1, 0.15) is 0 Å². The number of nitriles is 1. The van der Waals surface area contributed by atoms with Crippen molar-refractivity contribution < 1.29 is 5.11 Å². The van der Waals surface area contributed by atoms with E-state index in [1.807, 2.05) is 42.5 Å².